The average molecular weight is 342 g/mol. The summed E-state index contributed by atoms with van der Waals surface area (Å²) in [5.74, 6) is -0.194. The van der Waals surface area contributed by atoms with Crippen molar-refractivity contribution < 1.29 is 13.2 Å². The number of carbonyl (C=O) groups is 1. The summed E-state index contributed by atoms with van der Waals surface area (Å²) in [7, 11) is -0.625. The molecule has 0 heterocycles. The van der Waals surface area contributed by atoms with Crippen LogP contribution in [0.15, 0.2) is 23.1 Å². The van der Waals surface area contributed by atoms with Crippen LogP contribution in [-0.4, -0.2) is 45.3 Å². The lowest BCUT2D eigenvalue weighted by molar-refractivity contribution is -0.116. The van der Waals surface area contributed by atoms with Crippen LogP contribution in [0.25, 0.3) is 0 Å². The van der Waals surface area contributed by atoms with E-state index in [2.05, 4.69) is 10.6 Å². The zero-order valence-electron chi connectivity index (χ0n) is 14.1. The normalized spacial score (nSPS) is 13.0. The van der Waals surface area contributed by atoms with Crippen LogP contribution < -0.4 is 16.4 Å². The van der Waals surface area contributed by atoms with Gasteiger partial charge in [-0.2, -0.15) is 0 Å². The first kappa shape index (κ1) is 19.4. The molecule has 0 aliphatic carbocycles. The van der Waals surface area contributed by atoms with Crippen molar-refractivity contribution in [1.82, 2.24) is 4.31 Å². The summed E-state index contributed by atoms with van der Waals surface area (Å²) in [5, 5.41) is 5.87. The lowest BCUT2D eigenvalue weighted by atomic mass is 10.2. The standard InChI is InChI=1S/C15H26N4O3S/c1-5-17-13-8-7-12(23(21,22)19(3)4)10-14(13)18-15(20)9-6-11(2)16/h7-8,10-11,17H,5-6,9,16H2,1-4H3,(H,18,20). The predicted molar refractivity (Wildman–Crippen MR) is 93.0 cm³/mol. The van der Waals surface area contributed by atoms with Crippen molar-refractivity contribution in [1.29, 1.82) is 0 Å². The van der Waals surface area contributed by atoms with E-state index in [0.29, 0.717) is 24.3 Å². The van der Waals surface area contributed by atoms with E-state index in [1.165, 1.54) is 26.2 Å². The van der Waals surface area contributed by atoms with Gasteiger partial charge in [0, 0.05) is 33.1 Å². The van der Waals surface area contributed by atoms with E-state index >= 15 is 0 Å². The number of anilines is 2. The van der Waals surface area contributed by atoms with E-state index in [1.807, 2.05) is 13.8 Å². The van der Waals surface area contributed by atoms with E-state index in [-0.39, 0.29) is 23.3 Å². The minimum absolute atomic E-state index is 0.0607. The molecule has 7 nitrogen and oxygen atoms in total. The number of rotatable bonds is 8. The van der Waals surface area contributed by atoms with Crippen molar-refractivity contribution in [3.8, 4) is 0 Å². The van der Waals surface area contributed by atoms with Crippen LogP contribution in [0.2, 0.25) is 0 Å². The summed E-state index contributed by atoms with van der Waals surface area (Å²) in [6.45, 7) is 4.41. The summed E-state index contributed by atoms with van der Waals surface area (Å²) in [6.07, 6.45) is 0.853. The molecule has 0 spiro atoms. The number of nitrogens with two attached hydrogens (primary N) is 1. The molecule has 1 aromatic carbocycles. The van der Waals surface area contributed by atoms with Crippen LogP contribution in [0.1, 0.15) is 26.7 Å². The maximum atomic E-state index is 12.2. The number of hydrogen-bond acceptors (Lipinski definition) is 5. The molecule has 0 saturated carbocycles. The van der Waals surface area contributed by atoms with Gasteiger partial charge in [-0.05, 0) is 38.5 Å². The summed E-state index contributed by atoms with van der Waals surface area (Å²) in [6, 6.07) is 4.58. The van der Waals surface area contributed by atoms with Crippen molar-refractivity contribution in [3.05, 3.63) is 18.2 Å². The van der Waals surface area contributed by atoms with Gasteiger partial charge in [0.25, 0.3) is 0 Å². The van der Waals surface area contributed by atoms with Crippen molar-refractivity contribution in [2.24, 2.45) is 5.73 Å². The molecular formula is C15H26N4O3S. The van der Waals surface area contributed by atoms with Gasteiger partial charge in [-0.3, -0.25) is 4.79 Å². The third kappa shape index (κ3) is 5.49. The van der Waals surface area contributed by atoms with E-state index in [4.69, 9.17) is 5.73 Å². The summed E-state index contributed by atoms with van der Waals surface area (Å²) in [5.41, 5.74) is 6.78. The van der Waals surface area contributed by atoms with Gasteiger partial charge >= 0.3 is 0 Å². The Hall–Kier alpha value is -1.64. The fraction of sp³-hybridized carbons (Fsp3) is 0.533. The second-order valence-corrected chi connectivity index (χ2v) is 7.74. The Labute approximate surface area is 138 Å². The number of amides is 1. The van der Waals surface area contributed by atoms with Crippen molar-refractivity contribution in [2.75, 3.05) is 31.3 Å². The van der Waals surface area contributed by atoms with E-state index in [9.17, 15) is 13.2 Å². The van der Waals surface area contributed by atoms with Crippen LogP contribution in [0.3, 0.4) is 0 Å². The molecular weight excluding hydrogens is 316 g/mol. The third-order valence-corrected chi connectivity index (χ3v) is 5.05. The number of carbonyl (C=O) groups excluding carboxylic acids is 1. The highest BCUT2D eigenvalue weighted by molar-refractivity contribution is 7.89. The van der Waals surface area contributed by atoms with Gasteiger partial charge < -0.3 is 16.4 Å². The second-order valence-electron chi connectivity index (χ2n) is 5.59. The summed E-state index contributed by atoms with van der Waals surface area (Å²) in [4.78, 5) is 12.1. The maximum Gasteiger partial charge on any atom is 0.242 e. The molecule has 130 valence electrons. The molecule has 8 heteroatoms. The zero-order valence-corrected chi connectivity index (χ0v) is 14.9. The van der Waals surface area contributed by atoms with Crippen LogP contribution in [0.4, 0.5) is 11.4 Å². The van der Waals surface area contributed by atoms with Crippen molar-refractivity contribution >= 4 is 27.3 Å². The molecule has 1 amide bonds. The summed E-state index contributed by atoms with van der Waals surface area (Å²) >= 11 is 0. The van der Waals surface area contributed by atoms with E-state index < -0.39 is 10.0 Å². The molecule has 4 N–H and O–H groups in total. The Morgan fingerprint density at radius 3 is 2.48 bits per heavy atom. The monoisotopic (exact) mass is 342 g/mol. The van der Waals surface area contributed by atoms with Crippen LogP contribution in [0, 0.1) is 0 Å². The van der Waals surface area contributed by atoms with E-state index in [0.717, 1.165) is 4.31 Å². The highest BCUT2D eigenvalue weighted by Crippen LogP contribution is 2.27. The SMILES string of the molecule is CCNc1ccc(S(=O)(=O)N(C)C)cc1NC(=O)CCC(C)N. The lowest BCUT2D eigenvalue weighted by Gasteiger charge is -2.16. The predicted octanol–water partition coefficient (Wildman–Crippen LogP) is 1.43. The third-order valence-electron chi connectivity index (χ3n) is 3.24. The number of benzene rings is 1. The Kier molecular flexibility index (Phi) is 6.99. The second kappa shape index (κ2) is 8.28. The van der Waals surface area contributed by atoms with E-state index in [1.54, 1.807) is 6.07 Å². The first-order valence-electron chi connectivity index (χ1n) is 7.54. The lowest BCUT2D eigenvalue weighted by Crippen LogP contribution is -2.23. The molecule has 0 bridgehead atoms. The molecule has 1 aromatic rings. The Morgan fingerprint density at radius 1 is 1.30 bits per heavy atom. The van der Waals surface area contributed by atoms with Gasteiger partial charge in [0.15, 0.2) is 0 Å². The molecule has 1 rings (SSSR count). The average Bonchev–Trinajstić information content (AvgIpc) is 2.46. The molecule has 0 fully saturated rings. The number of nitrogens with zero attached hydrogens (tertiary/aromatic N) is 1. The van der Waals surface area contributed by atoms with Crippen LogP contribution in [0.5, 0.6) is 0 Å². The molecule has 0 saturated heterocycles. The van der Waals surface area contributed by atoms with Crippen LogP contribution >= 0.6 is 0 Å². The number of sulfonamides is 1. The quantitative estimate of drug-likeness (QED) is 0.663. The minimum Gasteiger partial charge on any atom is -0.384 e. The Bertz CT molecular complexity index is 642. The van der Waals surface area contributed by atoms with Crippen molar-refractivity contribution in [3.63, 3.8) is 0 Å². The van der Waals surface area contributed by atoms with Gasteiger partial charge in [0.1, 0.15) is 0 Å². The fourth-order valence-electron chi connectivity index (χ4n) is 1.91. The number of nitrogens with one attached hydrogen (secondary N) is 2. The van der Waals surface area contributed by atoms with Gasteiger partial charge in [-0.25, -0.2) is 12.7 Å². The Balaban J connectivity index is 3.09. The molecule has 0 radical (unpaired) electrons. The molecule has 1 atom stereocenters. The number of hydrogen-bond donors (Lipinski definition) is 3. The van der Waals surface area contributed by atoms with Gasteiger partial charge in [0.05, 0.1) is 16.3 Å². The molecule has 0 aliphatic heterocycles. The summed E-state index contributed by atoms with van der Waals surface area (Å²) < 4.78 is 25.6. The first-order valence-corrected chi connectivity index (χ1v) is 8.98. The molecule has 0 aromatic heterocycles. The first-order chi connectivity index (χ1) is 10.7. The minimum atomic E-state index is -3.56. The largest absolute Gasteiger partial charge is 0.384 e. The Morgan fingerprint density at radius 2 is 1.96 bits per heavy atom. The maximum absolute atomic E-state index is 12.2. The topological polar surface area (TPSA) is 105 Å². The smallest absolute Gasteiger partial charge is 0.242 e. The van der Waals surface area contributed by atoms with Crippen molar-refractivity contribution in [2.45, 2.75) is 37.6 Å². The molecule has 23 heavy (non-hydrogen) atoms. The zero-order chi connectivity index (χ0) is 17.6. The van der Waals surface area contributed by atoms with Crippen LogP contribution in [-0.2, 0) is 14.8 Å². The van der Waals surface area contributed by atoms with Gasteiger partial charge in [-0.1, -0.05) is 0 Å². The molecule has 0 aliphatic rings. The highest BCUT2D eigenvalue weighted by atomic mass is 32.2. The van der Waals surface area contributed by atoms with Gasteiger partial charge in [-0.15, -0.1) is 0 Å². The fourth-order valence-corrected chi connectivity index (χ4v) is 2.84. The highest BCUT2D eigenvalue weighted by Gasteiger charge is 2.19. The molecule has 1 unspecified atom stereocenters. The van der Waals surface area contributed by atoms with Gasteiger partial charge in [0.2, 0.25) is 15.9 Å².